The summed E-state index contributed by atoms with van der Waals surface area (Å²) in [5.41, 5.74) is 10.5. The second-order valence-electron chi connectivity index (χ2n) is 10.3. The summed E-state index contributed by atoms with van der Waals surface area (Å²) in [5.74, 6) is 0. The van der Waals surface area contributed by atoms with Gasteiger partial charge in [0.15, 0.2) is 0 Å². The zero-order chi connectivity index (χ0) is 28.9. The third-order valence-electron chi connectivity index (χ3n) is 7.75. The van der Waals surface area contributed by atoms with Crippen molar-refractivity contribution in [2.24, 2.45) is 0 Å². The lowest BCUT2D eigenvalue weighted by Crippen LogP contribution is -1.93. The molecule has 6 aromatic carbocycles. The number of hydrogen-bond donors (Lipinski definition) is 0. The molecule has 0 aliphatic heterocycles. The molecule has 6 rings (SSSR count). The summed E-state index contributed by atoms with van der Waals surface area (Å²) in [5, 5.41) is 4.84. The fourth-order valence-corrected chi connectivity index (χ4v) is 5.82. The highest BCUT2D eigenvalue weighted by molar-refractivity contribution is 6.22. The van der Waals surface area contributed by atoms with Crippen molar-refractivity contribution < 1.29 is 0 Å². The molecule has 42 heavy (non-hydrogen) atoms. The minimum Gasteiger partial charge on any atom is -0.0991 e. The molecule has 0 heterocycles. The van der Waals surface area contributed by atoms with Gasteiger partial charge in [-0.3, -0.25) is 0 Å². The molecule has 200 valence electrons. The van der Waals surface area contributed by atoms with Crippen LogP contribution in [0.5, 0.6) is 0 Å². The fourth-order valence-electron chi connectivity index (χ4n) is 5.82. The molecule has 0 amide bonds. The Balaban J connectivity index is 1.69. The minimum absolute atomic E-state index is 1.07. The highest BCUT2D eigenvalue weighted by atomic mass is 14.2. The third kappa shape index (κ3) is 5.07. The van der Waals surface area contributed by atoms with Crippen LogP contribution in [0.3, 0.4) is 0 Å². The summed E-state index contributed by atoms with van der Waals surface area (Å²) in [6, 6.07) is 41.6. The SMILES string of the molecule is C=CC=CC=Cc1cccc(-c2c3ccccc3c(-c3cccc(-c4ccccc4)c3)c3cc(C=C)c(C=C)cc23)c1. The highest BCUT2D eigenvalue weighted by Crippen LogP contribution is 2.45. The van der Waals surface area contributed by atoms with Gasteiger partial charge in [-0.25, -0.2) is 0 Å². The molecule has 0 bridgehead atoms. The monoisotopic (exact) mass is 536 g/mol. The predicted molar refractivity (Wildman–Crippen MR) is 186 cm³/mol. The van der Waals surface area contributed by atoms with E-state index >= 15 is 0 Å². The summed E-state index contributed by atoms with van der Waals surface area (Å²) in [4.78, 5) is 0. The predicted octanol–water partition coefficient (Wildman–Crippen LogP) is 12.0. The first kappa shape index (κ1) is 26.7. The molecular formula is C42H32. The number of fused-ring (bicyclic) bond motifs is 2. The molecule has 6 aromatic rings. The Labute approximate surface area is 248 Å². The first-order chi connectivity index (χ1) is 20.7. The number of allylic oxidation sites excluding steroid dienone is 4. The lowest BCUT2D eigenvalue weighted by Gasteiger charge is -2.20. The van der Waals surface area contributed by atoms with Gasteiger partial charge in [-0.15, -0.1) is 0 Å². The van der Waals surface area contributed by atoms with Gasteiger partial charge in [0.25, 0.3) is 0 Å². The van der Waals surface area contributed by atoms with E-state index in [0.717, 1.165) is 16.7 Å². The molecule has 0 aliphatic rings. The average Bonchev–Trinajstić information content (AvgIpc) is 3.05. The minimum atomic E-state index is 1.07. The van der Waals surface area contributed by atoms with E-state index in [9.17, 15) is 0 Å². The maximum Gasteiger partial charge on any atom is -0.00259 e. The van der Waals surface area contributed by atoms with Gasteiger partial charge in [-0.1, -0.05) is 153 Å². The van der Waals surface area contributed by atoms with Crippen molar-refractivity contribution in [3.63, 3.8) is 0 Å². The van der Waals surface area contributed by atoms with Crippen LogP contribution in [0, 0.1) is 0 Å². The highest BCUT2D eigenvalue weighted by Gasteiger charge is 2.18. The van der Waals surface area contributed by atoms with Crippen molar-refractivity contribution in [2.45, 2.75) is 0 Å². The third-order valence-corrected chi connectivity index (χ3v) is 7.75. The summed E-state index contributed by atoms with van der Waals surface area (Å²) in [6.07, 6.45) is 13.7. The second kappa shape index (κ2) is 12.0. The summed E-state index contributed by atoms with van der Waals surface area (Å²) in [6.45, 7) is 12.0. The van der Waals surface area contributed by atoms with Crippen LogP contribution in [0.25, 0.3) is 73.2 Å². The van der Waals surface area contributed by atoms with Gasteiger partial charge in [-0.2, -0.15) is 0 Å². The molecule has 0 aromatic heterocycles. The van der Waals surface area contributed by atoms with Gasteiger partial charge in [0.05, 0.1) is 0 Å². The Bertz CT molecular complexity index is 2020. The van der Waals surface area contributed by atoms with E-state index in [1.807, 2.05) is 30.4 Å². The van der Waals surface area contributed by atoms with Crippen molar-refractivity contribution in [1.29, 1.82) is 0 Å². The van der Waals surface area contributed by atoms with E-state index < -0.39 is 0 Å². The molecule has 0 nitrogen and oxygen atoms in total. The first-order valence-electron chi connectivity index (χ1n) is 14.2. The number of hydrogen-bond acceptors (Lipinski definition) is 0. The van der Waals surface area contributed by atoms with Crippen LogP contribution in [0.15, 0.2) is 159 Å². The second-order valence-corrected chi connectivity index (χ2v) is 10.3. The normalized spacial score (nSPS) is 11.4. The fraction of sp³-hybridized carbons (Fsp3) is 0. The van der Waals surface area contributed by atoms with Crippen LogP contribution in [0.4, 0.5) is 0 Å². The van der Waals surface area contributed by atoms with Gasteiger partial charge >= 0.3 is 0 Å². The molecule has 0 saturated carbocycles. The Hall–Kier alpha value is -5.46. The average molecular weight is 537 g/mol. The Morgan fingerprint density at radius 1 is 0.405 bits per heavy atom. The topological polar surface area (TPSA) is 0 Å². The van der Waals surface area contributed by atoms with Crippen LogP contribution in [-0.4, -0.2) is 0 Å². The van der Waals surface area contributed by atoms with Crippen molar-refractivity contribution in [3.05, 3.63) is 176 Å². The van der Waals surface area contributed by atoms with Crippen molar-refractivity contribution >= 4 is 39.8 Å². The van der Waals surface area contributed by atoms with E-state index in [1.54, 1.807) is 6.08 Å². The van der Waals surface area contributed by atoms with Gasteiger partial charge in [0.2, 0.25) is 0 Å². The van der Waals surface area contributed by atoms with E-state index in [1.165, 1.54) is 54.9 Å². The first-order valence-corrected chi connectivity index (χ1v) is 14.2. The Morgan fingerprint density at radius 2 is 0.952 bits per heavy atom. The molecule has 0 saturated heterocycles. The quantitative estimate of drug-likeness (QED) is 0.134. The van der Waals surface area contributed by atoms with Gasteiger partial charge in [0.1, 0.15) is 0 Å². The zero-order valence-electron chi connectivity index (χ0n) is 23.6. The lowest BCUT2D eigenvalue weighted by molar-refractivity contribution is 1.60. The number of benzene rings is 6. The molecule has 0 heteroatoms. The molecule has 0 radical (unpaired) electrons. The standard InChI is InChI=1S/C42H32/c1-4-7-8-10-17-30-18-15-22-35(26-30)41-37-24-13-14-25-38(37)42(40-29-32(6-3)31(5-2)28-39(40)41)36-23-16-21-34(27-36)33-19-11-9-12-20-33/h4-29H,1-3H2. The van der Waals surface area contributed by atoms with E-state index in [0.29, 0.717) is 0 Å². The summed E-state index contributed by atoms with van der Waals surface area (Å²) in [7, 11) is 0. The van der Waals surface area contributed by atoms with E-state index in [2.05, 4.69) is 141 Å². The maximum absolute atomic E-state index is 4.13. The molecule has 0 spiro atoms. The van der Waals surface area contributed by atoms with Gasteiger partial charge in [0, 0.05) is 0 Å². The smallest absolute Gasteiger partial charge is 0.00259 e. The molecule has 0 unspecified atom stereocenters. The van der Waals surface area contributed by atoms with Crippen LogP contribution >= 0.6 is 0 Å². The molecular weight excluding hydrogens is 504 g/mol. The molecule has 0 aliphatic carbocycles. The van der Waals surface area contributed by atoms with Crippen molar-refractivity contribution in [3.8, 4) is 33.4 Å². The largest absolute Gasteiger partial charge is 0.0991 e. The van der Waals surface area contributed by atoms with E-state index in [-0.39, 0.29) is 0 Å². The van der Waals surface area contributed by atoms with Crippen LogP contribution in [0.1, 0.15) is 16.7 Å². The summed E-state index contributed by atoms with van der Waals surface area (Å²) >= 11 is 0. The van der Waals surface area contributed by atoms with Gasteiger partial charge < -0.3 is 0 Å². The van der Waals surface area contributed by atoms with Crippen LogP contribution in [-0.2, 0) is 0 Å². The maximum atomic E-state index is 4.13. The number of rotatable bonds is 8. The zero-order valence-corrected chi connectivity index (χ0v) is 23.6. The van der Waals surface area contributed by atoms with Crippen LogP contribution < -0.4 is 0 Å². The molecule has 0 atom stereocenters. The Kier molecular flexibility index (Phi) is 7.62. The van der Waals surface area contributed by atoms with Crippen molar-refractivity contribution in [1.82, 2.24) is 0 Å². The lowest BCUT2D eigenvalue weighted by atomic mass is 9.83. The van der Waals surface area contributed by atoms with Gasteiger partial charge in [-0.05, 0) is 95.9 Å². The molecule has 0 N–H and O–H groups in total. The Morgan fingerprint density at radius 3 is 1.57 bits per heavy atom. The summed E-state index contributed by atoms with van der Waals surface area (Å²) < 4.78 is 0. The molecule has 0 fully saturated rings. The van der Waals surface area contributed by atoms with Crippen LogP contribution in [0.2, 0.25) is 0 Å². The van der Waals surface area contributed by atoms with Crippen molar-refractivity contribution in [2.75, 3.05) is 0 Å². The van der Waals surface area contributed by atoms with E-state index in [4.69, 9.17) is 0 Å².